The average Bonchev–Trinajstić information content (AvgIpc) is 2.16. The molecule has 0 spiro atoms. The second-order valence-corrected chi connectivity index (χ2v) is 3.36. The van der Waals surface area contributed by atoms with Crippen LogP contribution in [-0.2, 0) is 6.42 Å². The fraction of sp³-hybridized carbons (Fsp3) is 0.417. The van der Waals surface area contributed by atoms with Gasteiger partial charge in [-0.05, 0) is 37.0 Å². The monoisotopic (exact) mass is 189 g/mol. The topological polar surface area (TPSA) is 33.0 Å². The lowest BCUT2D eigenvalue weighted by molar-refractivity contribution is 0.363. The first-order chi connectivity index (χ1) is 6.69. The van der Waals surface area contributed by atoms with E-state index in [1.807, 2.05) is 19.9 Å². The molecule has 0 unspecified atom stereocenters. The van der Waals surface area contributed by atoms with E-state index in [4.69, 9.17) is 10.00 Å². The highest BCUT2D eigenvalue weighted by Crippen LogP contribution is 2.24. The molecule has 0 radical (unpaired) electrons. The lowest BCUT2D eigenvalue weighted by Crippen LogP contribution is -1.99. The Labute approximate surface area is 85.1 Å². The van der Waals surface area contributed by atoms with E-state index in [1.54, 1.807) is 0 Å². The molecule has 0 N–H and O–H groups in total. The standard InChI is InChI=1S/C12H15NO/c1-4-11-7-9(2)12(10(3)8-11)14-6-5-13/h7-8H,4,6H2,1-3H3. The molecule has 0 bridgehead atoms. The number of hydrogen-bond acceptors (Lipinski definition) is 2. The van der Waals surface area contributed by atoms with Crippen LogP contribution >= 0.6 is 0 Å². The summed E-state index contributed by atoms with van der Waals surface area (Å²) in [6.45, 7) is 6.27. The van der Waals surface area contributed by atoms with Crippen molar-refractivity contribution >= 4 is 0 Å². The molecule has 0 fully saturated rings. The predicted octanol–water partition coefficient (Wildman–Crippen LogP) is 2.77. The zero-order chi connectivity index (χ0) is 10.6. The Morgan fingerprint density at radius 3 is 2.29 bits per heavy atom. The number of nitriles is 1. The maximum atomic E-state index is 8.44. The molecule has 0 aliphatic rings. The van der Waals surface area contributed by atoms with E-state index in [-0.39, 0.29) is 6.61 Å². The molecule has 0 saturated carbocycles. The molecule has 0 amide bonds. The fourth-order valence-corrected chi connectivity index (χ4v) is 1.58. The number of rotatable bonds is 3. The quantitative estimate of drug-likeness (QED) is 0.732. The van der Waals surface area contributed by atoms with Crippen molar-refractivity contribution in [2.75, 3.05) is 6.61 Å². The third-order valence-electron chi connectivity index (χ3n) is 2.21. The van der Waals surface area contributed by atoms with Crippen LogP contribution in [0, 0.1) is 25.2 Å². The summed E-state index contributed by atoms with van der Waals surface area (Å²) in [6.07, 6.45) is 1.03. The van der Waals surface area contributed by atoms with Crippen molar-refractivity contribution in [2.45, 2.75) is 27.2 Å². The van der Waals surface area contributed by atoms with Gasteiger partial charge in [-0.2, -0.15) is 5.26 Å². The van der Waals surface area contributed by atoms with E-state index in [0.29, 0.717) is 0 Å². The summed E-state index contributed by atoms with van der Waals surface area (Å²) in [5, 5.41) is 8.44. The third-order valence-corrected chi connectivity index (χ3v) is 2.21. The molecule has 0 saturated heterocycles. The molecule has 0 atom stereocenters. The summed E-state index contributed by atoms with van der Waals surface area (Å²) in [4.78, 5) is 0. The molecule has 2 heteroatoms. The van der Waals surface area contributed by atoms with Gasteiger partial charge >= 0.3 is 0 Å². The number of benzene rings is 1. The largest absolute Gasteiger partial charge is 0.478 e. The first kappa shape index (κ1) is 10.6. The summed E-state index contributed by atoms with van der Waals surface area (Å²) >= 11 is 0. The summed E-state index contributed by atoms with van der Waals surface area (Å²) in [5.41, 5.74) is 3.53. The van der Waals surface area contributed by atoms with Crippen LogP contribution in [0.25, 0.3) is 0 Å². The van der Waals surface area contributed by atoms with Crippen LogP contribution in [0.1, 0.15) is 23.6 Å². The number of aryl methyl sites for hydroxylation is 3. The smallest absolute Gasteiger partial charge is 0.174 e. The van der Waals surface area contributed by atoms with Gasteiger partial charge in [0.2, 0.25) is 0 Å². The minimum atomic E-state index is 0.118. The van der Waals surface area contributed by atoms with Crippen LogP contribution in [0.3, 0.4) is 0 Å². The predicted molar refractivity (Wildman–Crippen MR) is 56.4 cm³/mol. The van der Waals surface area contributed by atoms with Crippen molar-refractivity contribution in [1.82, 2.24) is 0 Å². The maximum absolute atomic E-state index is 8.44. The van der Waals surface area contributed by atoms with Crippen LogP contribution in [0.4, 0.5) is 0 Å². The molecule has 0 aliphatic heterocycles. The molecule has 14 heavy (non-hydrogen) atoms. The highest BCUT2D eigenvalue weighted by atomic mass is 16.5. The van der Waals surface area contributed by atoms with Gasteiger partial charge in [0.1, 0.15) is 11.8 Å². The lowest BCUT2D eigenvalue weighted by atomic mass is 10.0. The first-order valence-electron chi connectivity index (χ1n) is 4.79. The van der Waals surface area contributed by atoms with Gasteiger partial charge in [-0.1, -0.05) is 19.1 Å². The first-order valence-corrected chi connectivity index (χ1v) is 4.79. The number of hydrogen-bond donors (Lipinski definition) is 0. The molecule has 1 aromatic rings. The van der Waals surface area contributed by atoms with Gasteiger partial charge < -0.3 is 4.74 Å². The molecule has 0 aromatic heterocycles. The zero-order valence-corrected chi connectivity index (χ0v) is 8.92. The second kappa shape index (κ2) is 4.66. The van der Waals surface area contributed by atoms with E-state index in [1.165, 1.54) is 5.56 Å². The van der Waals surface area contributed by atoms with Gasteiger partial charge in [-0.3, -0.25) is 0 Å². The Bertz CT molecular complexity index is 340. The third kappa shape index (κ3) is 2.26. The molecule has 2 nitrogen and oxygen atoms in total. The molecule has 1 rings (SSSR count). The minimum absolute atomic E-state index is 0.118. The van der Waals surface area contributed by atoms with Crippen molar-refractivity contribution < 1.29 is 4.74 Å². The lowest BCUT2D eigenvalue weighted by Gasteiger charge is -2.11. The highest BCUT2D eigenvalue weighted by molar-refractivity contribution is 5.43. The van der Waals surface area contributed by atoms with Crippen LogP contribution in [-0.4, -0.2) is 6.61 Å². The molecular weight excluding hydrogens is 174 g/mol. The molecule has 0 heterocycles. The number of ether oxygens (including phenoxy) is 1. The van der Waals surface area contributed by atoms with Crippen LogP contribution in [0.15, 0.2) is 12.1 Å². The van der Waals surface area contributed by atoms with E-state index < -0.39 is 0 Å². The van der Waals surface area contributed by atoms with Crippen molar-refractivity contribution in [3.8, 4) is 11.8 Å². The van der Waals surface area contributed by atoms with E-state index >= 15 is 0 Å². The Morgan fingerprint density at radius 2 is 1.86 bits per heavy atom. The second-order valence-electron chi connectivity index (χ2n) is 3.36. The highest BCUT2D eigenvalue weighted by Gasteiger charge is 2.05. The van der Waals surface area contributed by atoms with Crippen LogP contribution in [0.5, 0.6) is 5.75 Å². The van der Waals surface area contributed by atoms with Crippen molar-refractivity contribution in [1.29, 1.82) is 5.26 Å². The summed E-state index contributed by atoms with van der Waals surface area (Å²) in [7, 11) is 0. The van der Waals surface area contributed by atoms with Crippen molar-refractivity contribution in [3.63, 3.8) is 0 Å². The SMILES string of the molecule is CCc1cc(C)c(OCC#N)c(C)c1. The summed E-state index contributed by atoms with van der Waals surface area (Å²) < 4.78 is 5.36. The zero-order valence-electron chi connectivity index (χ0n) is 8.92. The maximum Gasteiger partial charge on any atom is 0.174 e. The van der Waals surface area contributed by atoms with Gasteiger partial charge in [0.25, 0.3) is 0 Å². The number of nitrogens with zero attached hydrogens (tertiary/aromatic N) is 1. The van der Waals surface area contributed by atoms with E-state index in [9.17, 15) is 0 Å². The molecule has 74 valence electrons. The van der Waals surface area contributed by atoms with Gasteiger partial charge in [-0.25, -0.2) is 0 Å². The Balaban J connectivity index is 3.00. The van der Waals surface area contributed by atoms with Gasteiger partial charge in [0.05, 0.1) is 0 Å². The molecular formula is C12H15NO. The van der Waals surface area contributed by atoms with Crippen LogP contribution in [0.2, 0.25) is 0 Å². The van der Waals surface area contributed by atoms with Crippen molar-refractivity contribution in [3.05, 3.63) is 28.8 Å². The molecule has 1 aromatic carbocycles. The van der Waals surface area contributed by atoms with Gasteiger partial charge in [-0.15, -0.1) is 0 Å². The Kier molecular flexibility index (Phi) is 3.53. The van der Waals surface area contributed by atoms with Crippen LogP contribution < -0.4 is 4.74 Å². The normalized spacial score (nSPS) is 9.57. The average molecular weight is 189 g/mol. The van der Waals surface area contributed by atoms with E-state index in [0.717, 1.165) is 23.3 Å². The molecule has 0 aliphatic carbocycles. The minimum Gasteiger partial charge on any atom is -0.478 e. The fourth-order valence-electron chi connectivity index (χ4n) is 1.58. The Hall–Kier alpha value is -1.49. The van der Waals surface area contributed by atoms with Gasteiger partial charge in [0.15, 0.2) is 6.61 Å². The Morgan fingerprint density at radius 1 is 1.29 bits per heavy atom. The van der Waals surface area contributed by atoms with Crippen molar-refractivity contribution in [2.24, 2.45) is 0 Å². The summed E-state index contributed by atoms with van der Waals surface area (Å²) in [5.74, 6) is 0.851. The van der Waals surface area contributed by atoms with Gasteiger partial charge in [0, 0.05) is 0 Å². The summed E-state index contributed by atoms with van der Waals surface area (Å²) in [6, 6.07) is 6.20. The van der Waals surface area contributed by atoms with E-state index in [2.05, 4.69) is 19.1 Å².